The Hall–Kier alpha value is -1.55. The van der Waals surface area contributed by atoms with Crippen LogP contribution in [-0.4, -0.2) is 14.7 Å². The van der Waals surface area contributed by atoms with Gasteiger partial charge in [-0.1, -0.05) is 13.3 Å². The van der Waals surface area contributed by atoms with Gasteiger partial charge < -0.3 is 15.4 Å². The van der Waals surface area contributed by atoms with Crippen molar-refractivity contribution in [2.24, 2.45) is 0 Å². The Morgan fingerprint density at radius 1 is 1.47 bits per heavy atom. The number of nitrogen functional groups attached to an aromatic ring is 1. The molecule has 17 heavy (non-hydrogen) atoms. The summed E-state index contributed by atoms with van der Waals surface area (Å²) in [5.41, 5.74) is 8.35. The number of aliphatic hydroxyl groups excluding tert-OH is 1. The first-order valence-electron chi connectivity index (χ1n) is 6.07. The third-order valence-corrected chi connectivity index (χ3v) is 2.91. The highest BCUT2D eigenvalue weighted by atomic mass is 16.3. The molecule has 0 amide bonds. The Labute approximate surface area is 101 Å². The summed E-state index contributed by atoms with van der Waals surface area (Å²) in [6.07, 6.45) is 1.64. The minimum absolute atomic E-state index is 0.555. The SMILES string of the molecule is CCCCn1c(C(C)O)nc2cc(N)ccc21. The van der Waals surface area contributed by atoms with E-state index in [9.17, 15) is 5.11 Å². The summed E-state index contributed by atoms with van der Waals surface area (Å²) in [5.74, 6) is 0.721. The van der Waals surface area contributed by atoms with Crippen molar-refractivity contribution in [2.45, 2.75) is 39.3 Å². The minimum atomic E-state index is -0.555. The summed E-state index contributed by atoms with van der Waals surface area (Å²) >= 11 is 0. The number of anilines is 1. The van der Waals surface area contributed by atoms with Crippen molar-refractivity contribution >= 4 is 16.7 Å². The van der Waals surface area contributed by atoms with Crippen molar-refractivity contribution in [1.82, 2.24) is 9.55 Å². The van der Waals surface area contributed by atoms with Crippen molar-refractivity contribution in [1.29, 1.82) is 0 Å². The highest BCUT2D eigenvalue weighted by Crippen LogP contribution is 2.23. The molecule has 0 bridgehead atoms. The number of hydrogen-bond acceptors (Lipinski definition) is 3. The molecular formula is C13H19N3O. The maximum atomic E-state index is 9.76. The molecule has 0 radical (unpaired) electrons. The number of hydrogen-bond donors (Lipinski definition) is 2. The van der Waals surface area contributed by atoms with Crippen molar-refractivity contribution in [2.75, 3.05) is 5.73 Å². The average molecular weight is 233 g/mol. The lowest BCUT2D eigenvalue weighted by molar-refractivity contribution is 0.184. The molecule has 92 valence electrons. The topological polar surface area (TPSA) is 64.1 Å². The molecule has 0 fully saturated rings. The lowest BCUT2D eigenvalue weighted by Crippen LogP contribution is -2.06. The summed E-state index contributed by atoms with van der Waals surface area (Å²) in [5, 5.41) is 9.76. The van der Waals surface area contributed by atoms with Gasteiger partial charge in [-0.15, -0.1) is 0 Å². The lowest BCUT2D eigenvalue weighted by atomic mass is 10.2. The van der Waals surface area contributed by atoms with Gasteiger partial charge >= 0.3 is 0 Å². The van der Waals surface area contributed by atoms with Gasteiger partial charge in [0.15, 0.2) is 0 Å². The third kappa shape index (κ3) is 2.26. The summed E-state index contributed by atoms with van der Waals surface area (Å²) in [7, 11) is 0. The summed E-state index contributed by atoms with van der Waals surface area (Å²) in [6, 6.07) is 5.70. The van der Waals surface area contributed by atoms with E-state index in [1.165, 1.54) is 0 Å². The van der Waals surface area contributed by atoms with Crippen molar-refractivity contribution in [3.8, 4) is 0 Å². The molecule has 2 rings (SSSR count). The molecule has 1 atom stereocenters. The fourth-order valence-corrected chi connectivity index (χ4v) is 2.04. The van der Waals surface area contributed by atoms with Crippen LogP contribution in [0, 0.1) is 0 Å². The van der Waals surface area contributed by atoms with Crippen molar-refractivity contribution in [3.05, 3.63) is 24.0 Å². The summed E-state index contributed by atoms with van der Waals surface area (Å²) in [6.45, 7) is 4.78. The molecule has 4 nitrogen and oxygen atoms in total. The molecule has 0 saturated carbocycles. The molecule has 0 saturated heterocycles. The van der Waals surface area contributed by atoms with Crippen LogP contribution in [-0.2, 0) is 6.54 Å². The number of imidazole rings is 1. The Morgan fingerprint density at radius 3 is 2.88 bits per heavy atom. The quantitative estimate of drug-likeness (QED) is 0.797. The van der Waals surface area contributed by atoms with Gasteiger partial charge in [-0.3, -0.25) is 0 Å². The van der Waals surface area contributed by atoms with Crippen LogP contribution in [0.2, 0.25) is 0 Å². The van der Waals surface area contributed by atoms with E-state index in [0.717, 1.165) is 36.2 Å². The molecule has 0 spiro atoms. The zero-order valence-corrected chi connectivity index (χ0v) is 10.3. The van der Waals surface area contributed by atoms with E-state index < -0.39 is 6.10 Å². The largest absolute Gasteiger partial charge is 0.399 e. The van der Waals surface area contributed by atoms with E-state index in [2.05, 4.69) is 16.5 Å². The van der Waals surface area contributed by atoms with Gasteiger partial charge in [-0.25, -0.2) is 4.98 Å². The monoisotopic (exact) mass is 233 g/mol. The van der Waals surface area contributed by atoms with Gasteiger partial charge in [-0.05, 0) is 31.5 Å². The number of aryl methyl sites for hydroxylation is 1. The van der Waals surface area contributed by atoms with Gasteiger partial charge in [0.2, 0.25) is 0 Å². The number of aliphatic hydroxyl groups is 1. The Bertz CT molecular complexity index is 517. The predicted octanol–water partition coefficient (Wildman–Crippen LogP) is 2.47. The van der Waals surface area contributed by atoms with Crippen LogP contribution >= 0.6 is 0 Å². The fourth-order valence-electron chi connectivity index (χ4n) is 2.04. The minimum Gasteiger partial charge on any atom is -0.399 e. The third-order valence-electron chi connectivity index (χ3n) is 2.91. The molecule has 1 aromatic carbocycles. The first-order chi connectivity index (χ1) is 8.13. The van der Waals surface area contributed by atoms with Crippen LogP contribution in [0.25, 0.3) is 11.0 Å². The first-order valence-corrected chi connectivity index (χ1v) is 6.07. The second kappa shape index (κ2) is 4.75. The van der Waals surface area contributed by atoms with Crippen LogP contribution in [0.5, 0.6) is 0 Å². The molecule has 1 aromatic heterocycles. The number of benzene rings is 1. The number of aromatic nitrogens is 2. The number of fused-ring (bicyclic) bond motifs is 1. The van der Waals surface area contributed by atoms with Crippen molar-refractivity contribution in [3.63, 3.8) is 0 Å². The highest BCUT2D eigenvalue weighted by Gasteiger charge is 2.14. The van der Waals surface area contributed by atoms with Crippen LogP contribution in [0.15, 0.2) is 18.2 Å². The maximum absolute atomic E-state index is 9.76. The number of rotatable bonds is 4. The molecule has 1 heterocycles. The van der Waals surface area contributed by atoms with Gasteiger partial charge in [0.05, 0.1) is 11.0 Å². The predicted molar refractivity (Wildman–Crippen MR) is 69.7 cm³/mol. The smallest absolute Gasteiger partial charge is 0.138 e. The van der Waals surface area contributed by atoms with Crippen molar-refractivity contribution < 1.29 is 5.11 Å². The van der Waals surface area contributed by atoms with E-state index in [-0.39, 0.29) is 0 Å². The second-order valence-electron chi connectivity index (χ2n) is 4.40. The maximum Gasteiger partial charge on any atom is 0.138 e. The van der Waals surface area contributed by atoms with Gasteiger partial charge in [-0.2, -0.15) is 0 Å². The zero-order valence-electron chi connectivity index (χ0n) is 10.3. The Morgan fingerprint density at radius 2 is 2.24 bits per heavy atom. The van der Waals surface area contributed by atoms with Gasteiger partial charge in [0, 0.05) is 12.2 Å². The summed E-state index contributed by atoms with van der Waals surface area (Å²) in [4.78, 5) is 4.46. The molecule has 0 aliphatic heterocycles. The van der Waals surface area contributed by atoms with E-state index >= 15 is 0 Å². The van der Waals surface area contributed by atoms with Crippen LogP contribution < -0.4 is 5.73 Å². The van der Waals surface area contributed by atoms with Crippen LogP contribution in [0.3, 0.4) is 0 Å². The Balaban J connectivity index is 2.54. The first kappa shape index (κ1) is 11.9. The molecule has 4 heteroatoms. The normalized spacial score (nSPS) is 13.1. The lowest BCUT2D eigenvalue weighted by Gasteiger charge is -2.10. The fraction of sp³-hybridized carbons (Fsp3) is 0.462. The van der Waals surface area contributed by atoms with Crippen LogP contribution in [0.1, 0.15) is 38.6 Å². The molecule has 0 aliphatic carbocycles. The molecule has 0 aliphatic rings. The van der Waals surface area contributed by atoms with Crippen LogP contribution in [0.4, 0.5) is 5.69 Å². The van der Waals surface area contributed by atoms with E-state index in [4.69, 9.17) is 5.73 Å². The van der Waals surface area contributed by atoms with E-state index in [1.54, 1.807) is 6.92 Å². The average Bonchev–Trinajstić information content (AvgIpc) is 2.64. The standard InChI is InChI=1S/C13H19N3O/c1-3-4-7-16-12-6-5-10(14)8-11(12)15-13(16)9(2)17/h5-6,8-9,17H,3-4,7,14H2,1-2H3. The Kier molecular flexibility index (Phi) is 3.33. The van der Waals surface area contributed by atoms with E-state index in [1.807, 2.05) is 18.2 Å². The highest BCUT2D eigenvalue weighted by molar-refractivity contribution is 5.79. The number of unbranched alkanes of at least 4 members (excludes halogenated alkanes) is 1. The molecular weight excluding hydrogens is 214 g/mol. The zero-order chi connectivity index (χ0) is 12.4. The number of nitrogens with two attached hydrogens (primary N) is 1. The second-order valence-corrected chi connectivity index (χ2v) is 4.40. The molecule has 2 aromatic rings. The van der Waals surface area contributed by atoms with E-state index in [0.29, 0.717) is 5.69 Å². The molecule has 3 N–H and O–H groups in total. The molecule has 1 unspecified atom stereocenters. The van der Waals surface area contributed by atoms with Gasteiger partial charge in [0.25, 0.3) is 0 Å². The summed E-state index contributed by atoms with van der Waals surface area (Å²) < 4.78 is 2.09. The number of nitrogens with zero attached hydrogens (tertiary/aromatic N) is 2. The van der Waals surface area contributed by atoms with Gasteiger partial charge in [0.1, 0.15) is 11.9 Å².